The Morgan fingerprint density at radius 3 is 3.00 bits per heavy atom. The highest BCUT2D eigenvalue weighted by atomic mass is 16.6. The summed E-state index contributed by atoms with van der Waals surface area (Å²) in [4.78, 5) is 21.2. The van der Waals surface area contributed by atoms with Crippen LogP contribution in [0.25, 0.3) is 0 Å². The molecule has 6 nitrogen and oxygen atoms in total. The largest absolute Gasteiger partial charge is 0.444 e. The van der Waals surface area contributed by atoms with Crippen LogP contribution in [0.1, 0.15) is 31.2 Å². The van der Waals surface area contributed by atoms with E-state index in [1.54, 1.807) is 12.1 Å². The third-order valence-corrected chi connectivity index (χ3v) is 3.32. The van der Waals surface area contributed by atoms with Crippen LogP contribution in [0.15, 0.2) is 24.3 Å². The van der Waals surface area contributed by atoms with E-state index in [0.29, 0.717) is 6.54 Å². The first-order valence-corrected chi connectivity index (χ1v) is 6.25. The quantitative estimate of drug-likeness (QED) is 0.654. The Bertz CT molecular complexity index is 489. The molecule has 1 fully saturated rings. The van der Waals surface area contributed by atoms with Crippen molar-refractivity contribution in [3.63, 3.8) is 0 Å². The lowest BCUT2D eigenvalue weighted by Crippen LogP contribution is -2.15. The van der Waals surface area contributed by atoms with Gasteiger partial charge in [0.2, 0.25) is 0 Å². The molecule has 0 aromatic heterocycles. The van der Waals surface area contributed by atoms with Gasteiger partial charge in [-0.3, -0.25) is 10.1 Å². The maximum absolute atomic E-state index is 10.9. The zero-order valence-electron chi connectivity index (χ0n) is 10.7. The van der Waals surface area contributed by atoms with Crippen molar-refractivity contribution in [3.8, 4) is 0 Å². The molecule has 0 spiro atoms. The average molecular weight is 264 g/mol. The molecule has 0 aliphatic carbocycles. The Labute approximate surface area is 110 Å². The molecule has 1 aliphatic heterocycles. The molecule has 19 heavy (non-hydrogen) atoms. The van der Waals surface area contributed by atoms with Gasteiger partial charge in [0.05, 0.1) is 11.5 Å². The van der Waals surface area contributed by atoms with Crippen LogP contribution >= 0.6 is 0 Å². The van der Waals surface area contributed by atoms with Crippen LogP contribution in [0.3, 0.4) is 0 Å². The van der Waals surface area contributed by atoms with Crippen molar-refractivity contribution in [2.24, 2.45) is 0 Å². The minimum absolute atomic E-state index is 0.0892. The van der Waals surface area contributed by atoms with Crippen molar-refractivity contribution in [2.75, 3.05) is 6.54 Å². The first-order chi connectivity index (χ1) is 9.06. The number of nitro benzene ring substituents is 1. The predicted molar refractivity (Wildman–Crippen MR) is 69.0 cm³/mol. The van der Waals surface area contributed by atoms with E-state index in [2.05, 4.69) is 5.32 Å². The van der Waals surface area contributed by atoms with Crippen molar-refractivity contribution < 1.29 is 14.5 Å². The monoisotopic (exact) mass is 264 g/mol. The number of benzene rings is 1. The number of carbonyl (C=O) groups is 1. The number of cyclic esters (lactones) is 1. The molecule has 0 bridgehead atoms. The Balaban J connectivity index is 1.92. The van der Waals surface area contributed by atoms with Crippen molar-refractivity contribution in [1.29, 1.82) is 0 Å². The van der Waals surface area contributed by atoms with Gasteiger partial charge in [0.15, 0.2) is 0 Å². The smallest absolute Gasteiger partial charge is 0.407 e. The fourth-order valence-corrected chi connectivity index (χ4v) is 2.14. The molecular weight excluding hydrogens is 248 g/mol. The summed E-state index contributed by atoms with van der Waals surface area (Å²) < 4.78 is 5.05. The Kier molecular flexibility index (Phi) is 3.99. The molecule has 6 heteroatoms. The maximum Gasteiger partial charge on any atom is 0.407 e. The summed E-state index contributed by atoms with van der Waals surface area (Å²) in [6, 6.07) is 6.67. The van der Waals surface area contributed by atoms with Gasteiger partial charge in [0.25, 0.3) is 5.69 Å². The molecule has 0 radical (unpaired) electrons. The summed E-state index contributed by atoms with van der Waals surface area (Å²) in [5, 5.41) is 13.3. The van der Waals surface area contributed by atoms with Gasteiger partial charge in [-0.05, 0) is 24.3 Å². The number of nitro groups is 1. The van der Waals surface area contributed by atoms with E-state index >= 15 is 0 Å². The number of hydrogen-bond acceptors (Lipinski definition) is 4. The van der Waals surface area contributed by atoms with Gasteiger partial charge >= 0.3 is 6.09 Å². The van der Waals surface area contributed by atoms with E-state index in [4.69, 9.17) is 4.74 Å². The number of ether oxygens (including phenoxy) is 1. The number of nitrogens with one attached hydrogen (secondary N) is 1. The summed E-state index contributed by atoms with van der Waals surface area (Å²) in [6.07, 6.45) is 1.12. The normalized spacial score (nSPS) is 19.6. The van der Waals surface area contributed by atoms with Crippen molar-refractivity contribution in [2.45, 2.75) is 31.8 Å². The van der Waals surface area contributed by atoms with Gasteiger partial charge < -0.3 is 10.1 Å². The molecule has 102 valence electrons. The molecule has 2 atom stereocenters. The van der Waals surface area contributed by atoms with Crippen molar-refractivity contribution in [3.05, 3.63) is 39.9 Å². The Morgan fingerprint density at radius 1 is 1.58 bits per heavy atom. The first-order valence-electron chi connectivity index (χ1n) is 6.25. The minimum atomic E-state index is -0.390. The highest BCUT2D eigenvalue weighted by Gasteiger charge is 2.23. The lowest BCUT2D eigenvalue weighted by Gasteiger charge is -2.13. The summed E-state index contributed by atoms with van der Waals surface area (Å²) in [6.45, 7) is 2.56. The van der Waals surface area contributed by atoms with Gasteiger partial charge in [-0.2, -0.15) is 0 Å². The number of rotatable bonds is 5. The molecule has 1 aromatic rings. The third-order valence-electron chi connectivity index (χ3n) is 3.32. The zero-order chi connectivity index (χ0) is 13.8. The molecule has 1 aromatic carbocycles. The van der Waals surface area contributed by atoms with Crippen molar-refractivity contribution >= 4 is 11.8 Å². The number of carbonyl (C=O) groups excluding carboxylic acids is 1. The van der Waals surface area contributed by atoms with Gasteiger partial charge in [-0.15, -0.1) is 0 Å². The SMILES string of the molecule is C[C@H](CC[C@@H]1CNC(=O)O1)c1cccc([N+](=O)[O-])c1. The summed E-state index contributed by atoms with van der Waals surface area (Å²) >= 11 is 0. The van der Waals surface area contributed by atoms with Crippen LogP contribution in [-0.2, 0) is 4.74 Å². The molecule has 1 aliphatic rings. The lowest BCUT2D eigenvalue weighted by atomic mass is 9.94. The molecule has 0 saturated carbocycles. The topological polar surface area (TPSA) is 81.5 Å². The maximum atomic E-state index is 10.9. The van der Waals surface area contributed by atoms with Crippen LogP contribution in [0, 0.1) is 10.1 Å². The van der Waals surface area contributed by atoms with Crippen LogP contribution < -0.4 is 5.32 Å². The molecule has 0 unspecified atom stereocenters. The number of alkyl carbamates (subject to hydrolysis) is 1. The first kappa shape index (κ1) is 13.3. The van der Waals surface area contributed by atoms with Crippen LogP contribution in [-0.4, -0.2) is 23.7 Å². The standard InChI is InChI=1S/C13H16N2O4/c1-9(5-6-12-8-14-13(16)19-12)10-3-2-4-11(7-10)15(17)18/h2-4,7,9,12H,5-6,8H2,1H3,(H,14,16)/t9-,12-/m1/s1. The fourth-order valence-electron chi connectivity index (χ4n) is 2.14. The second kappa shape index (κ2) is 5.69. The number of amides is 1. The lowest BCUT2D eigenvalue weighted by molar-refractivity contribution is -0.384. The number of nitrogens with zero attached hydrogens (tertiary/aromatic N) is 1. The highest BCUT2D eigenvalue weighted by Crippen LogP contribution is 2.25. The molecule has 1 amide bonds. The van der Waals surface area contributed by atoms with E-state index in [1.165, 1.54) is 6.07 Å². The average Bonchev–Trinajstić information content (AvgIpc) is 2.82. The van der Waals surface area contributed by atoms with Gasteiger partial charge in [-0.1, -0.05) is 19.1 Å². The highest BCUT2D eigenvalue weighted by molar-refractivity contribution is 5.69. The van der Waals surface area contributed by atoms with E-state index in [9.17, 15) is 14.9 Å². The molecular formula is C13H16N2O4. The number of non-ortho nitro benzene ring substituents is 1. The molecule has 1 N–H and O–H groups in total. The van der Waals surface area contributed by atoms with Gasteiger partial charge in [0.1, 0.15) is 6.10 Å². The molecule has 1 heterocycles. The third kappa shape index (κ3) is 3.43. The summed E-state index contributed by atoms with van der Waals surface area (Å²) in [5.74, 6) is 0.194. The Morgan fingerprint density at radius 2 is 2.37 bits per heavy atom. The van der Waals surface area contributed by atoms with E-state index in [1.807, 2.05) is 13.0 Å². The van der Waals surface area contributed by atoms with Crippen LogP contribution in [0.5, 0.6) is 0 Å². The number of hydrogen-bond donors (Lipinski definition) is 1. The zero-order valence-corrected chi connectivity index (χ0v) is 10.7. The van der Waals surface area contributed by atoms with Crippen LogP contribution in [0.4, 0.5) is 10.5 Å². The van der Waals surface area contributed by atoms with E-state index in [0.717, 1.165) is 18.4 Å². The van der Waals surface area contributed by atoms with Gasteiger partial charge in [-0.25, -0.2) is 4.79 Å². The van der Waals surface area contributed by atoms with Crippen LogP contribution in [0.2, 0.25) is 0 Å². The van der Waals surface area contributed by atoms with Crippen molar-refractivity contribution in [1.82, 2.24) is 5.32 Å². The van der Waals surface area contributed by atoms with Gasteiger partial charge in [0, 0.05) is 12.1 Å². The second-order valence-electron chi connectivity index (χ2n) is 4.74. The van der Waals surface area contributed by atoms with E-state index in [-0.39, 0.29) is 28.7 Å². The molecule has 1 saturated heterocycles. The predicted octanol–water partition coefficient (Wildman–Crippen LogP) is 2.59. The summed E-state index contributed by atoms with van der Waals surface area (Å²) in [7, 11) is 0. The Hall–Kier alpha value is -2.11. The minimum Gasteiger partial charge on any atom is -0.444 e. The second-order valence-corrected chi connectivity index (χ2v) is 4.74. The molecule has 2 rings (SSSR count). The fraction of sp³-hybridized carbons (Fsp3) is 0.462. The van der Waals surface area contributed by atoms with E-state index < -0.39 is 0 Å². The summed E-state index contributed by atoms with van der Waals surface area (Å²) in [5.41, 5.74) is 1.05.